The highest BCUT2D eigenvalue weighted by atomic mass is 35.5. The van der Waals surface area contributed by atoms with Gasteiger partial charge in [-0.3, -0.25) is 14.6 Å². The molecule has 3 heterocycles. The summed E-state index contributed by atoms with van der Waals surface area (Å²) in [6, 6.07) is 7.45. The van der Waals surface area contributed by atoms with Gasteiger partial charge in [0.05, 0.1) is 13.4 Å². The molecule has 0 bridgehead atoms. The first-order chi connectivity index (χ1) is 20.9. The summed E-state index contributed by atoms with van der Waals surface area (Å²) in [5.41, 5.74) is 6.87. The van der Waals surface area contributed by atoms with E-state index >= 15 is 0 Å². The van der Waals surface area contributed by atoms with Crippen LogP contribution in [0.2, 0.25) is 10.2 Å². The van der Waals surface area contributed by atoms with E-state index in [2.05, 4.69) is 41.6 Å². The van der Waals surface area contributed by atoms with Crippen LogP contribution in [0.4, 0.5) is 11.6 Å². The molecule has 0 radical (unpaired) electrons. The summed E-state index contributed by atoms with van der Waals surface area (Å²) >= 11 is 12.6. The molecule has 0 spiro atoms. The van der Waals surface area contributed by atoms with E-state index in [-0.39, 0.29) is 41.8 Å². The molecule has 13 nitrogen and oxygen atoms in total. The number of sulfonamides is 1. The number of nitrogen functional groups attached to an aromatic ring is 1. The Kier molecular flexibility index (Phi) is 11.7. The number of hydrogen-bond donors (Lipinski definition) is 3. The second kappa shape index (κ2) is 15.0. The summed E-state index contributed by atoms with van der Waals surface area (Å²) in [6.45, 7) is 5.85. The minimum atomic E-state index is -3.37. The Balaban J connectivity index is 1.37. The van der Waals surface area contributed by atoms with Crippen LogP contribution in [0, 0.1) is 0 Å². The van der Waals surface area contributed by atoms with Crippen molar-refractivity contribution in [2.24, 2.45) is 0 Å². The number of rotatable bonds is 11. The van der Waals surface area contributed by atoms with Gasteiger partial charge in [0.25, 0.3) is 5.91 Å². The fraction of sp³-hybridized carbons (Fsp3) is 0.571. The zero-order chi connectivity index (χ0) is 32.0. The largest absolute Gasteiger partial charge is 0.468 e. The fourth-order valence-corrected chi connectivity index (χ4v) is 6.76. The maximum Gasteiger partial charge on any atom is 0.327 e. The second-order valence-electron chi connectivity index (χ2n) is 11.0. The van der Waals surface area contributed by atoms with E-state index in [1.54, 1.807) is 12.1 Å². The van der Waals surface area contributed by atoms with Crippen molar-refractivity contribution in [3.05, 3.63) is 45.7 Å². The van der Waals surface area contributed by atoms with Gasteiger partial charge in [0.2, 0.25) is 10.0 Å². The first kappa shape index (κ1) is 34.1. The first-order valence-electron chi connectivity index (χ1n) is 14.6. The number of nitrogens with zero attached hydrogens (tertiary/aromatic N) is 5. The molecule has 0 aliphatic carbocycles. The predicted octanol–water partition coefficient (Wildman–Crippen LogP) is 1.92. The highest BCUT2D eigenvalue weighted by molar-refractivity contribution is 7.88. The van der Waals surface area contributed by atoms with Gasteiger partial charge in [-0.15, -0.1) is 0 Å². The van der Waals surface area contributed by atoms with Gasteiger partial charge < -0.3 is 20.7 Å². The minimum Gasteiger partial charge on any atom is -0.468 e. The third-order valence-corrected chi connectivity index (χ3v) is 9.33. The van der Waals surface area contributed by atoms with Crippen molar-refractivity contribution in [1.29, 1.82) is 0 Å². The lowest BCUT2D eigenvalue weighted by Gasteiger charge is -2.48. The Morgan fingerprint density at radius 3 is 2.39 bits per heavy atom. The van der Waals surface area contributed by atoms with Gasteiger partial charge in [0.1, 0.15) is 6.04 Å². The smallest absolute Gasteiger partial charge is 0.327 e. The number of nitrogens with two attached hydrogens (primary N) is 1. The molecule has 2 aliphatic heterocycles. The molecule has 2 fully saturated rings. The van der Waals surface area contributed by atoms with Crippen molar-refractivity contribution in [3.8, 4) is 0 Å². The maximum atomic E-state index is 12.8. The van der Waals surface area contributed by atoms with E-state index in [0.29, 0.717) is 30.0 Å². The van der Waals surface area contributed by atoms with E-state index in [0.717, 1.165) is 50.7 Å². The minimum absolute atomic E-state index is 0.0274. The summed E-state index contributed by atoms with van der Waals surface area (Å²) in [7, 11) is -1.95. The number of anilines is 2. The highest BCUT2D eigenvalue weighted by Crippen LogP contribution is 2.32. The number of carbonyl (C=O) groups is 2. The van der Waals surface area contributed by atoms with Crippen LogP contribution in [0.3, 0.4) is 0 Å². The molecule has 4 N–H and O–H groups in total. The molecule has 1 amide bonds. The highest BCUT2D eigenvalue weighted by Gasteiger charge is 2.37. The van der Waals surface area contributed by atoms with Crippen molar-refractivity contribution < 1.29 is 22.7 Å². The monoisotopic (exact) mass is 670 g/mol. The van der Waals surface area contributed by atoms with E-state index in [1.165, 1.54) is 7.11 Å². The number of likely N-dealkylation sites (tertiary alicyclic amines) is 1. The number of nitrogens with one attached hydrogen (secondary N) is 2. The Bertz CT molecular complexity index is 1420. The molecule has 1 aromatic heterocycles. The molecular weight excluding hydrogens is 631 g/mol. The number of aromatic nitrogens is 2. The number of hydrogen-bond acceptors (Lipinski definition) is 11. The average Bonchev–Trinajstić information content (AvgIpc) is 3.00. The van der Waals surface area contributed by atoms with Crippen LogP contribution in [0.5, 0.6) is 0 Å². The molecule has 0 saturated carbocycles. The second-order valence-corrected chi connectivity index (χ2v) is 13.6. The number of piperidine rings is 1. The molecular formula is C28H40Cl2N8O5S. The summed E-state index contributed by atoms with van der Waals surface area (Å²) in [6.07, 6.45) is 3.77. The van der Waals surface area contributed by atoms with Gasteiger partial charge in [-0.2, -0.15) is 0 Å². The molecule has 0 unspecified atom stereocenters. The Morgan fingerprint density at radius 2 is 1.77 bits per heavy atom. The number of methoxy groups -OCH3 is 1. The number of benzene rings is 1. The summed E-state index contributed by atoms with van der Waals surface area (Å²) < 4.78 is 29.8. The fourth-order valence-electron chi connectivity index (χ4n) is 5.92. The molecule has 242 valence electrons. The first-order valence-corrected chi connectivity index (χ1v) is 17.2. The van der Waals surface area contributed by atoms with E-state index in [4.69, 9.17) is 33.7 Å². The number of piperazine rings is 1. The van der Waals surface area contributed by atoms with Gasteiger partial charge in [0.15, 0.2) is 22.5 Å². The van der Waals surface area contributed by atoms with Crippen molar-refractivity contribution >= 4 is 56.7 Å². The molecule has 2 atom stereocenters. The third kappa shape index (κ3) is 8.49. The molecule has 44 heavy (non-hydrogen) atoms. The molecule has 2 saturated heterocycles. The third-order valence-electron chi connectivity index (χ3n) is 8.10. The summed E-state index contributed by atoms with van der Waals surface area (Å²) in [5, 5.41) is 3.26. The lowest BCUT2D eigenvalue weighted by atomic mass is 9.95. The summed E-state index contributed by atoms with van der Waals surface area (Å²) in [5.74, 6) is -0.500. The molecule has 1 aromatic carbocycles. The van der Waals surface area contributed by atoms with Crippen LogP contribution in [0.1, 0.15) is 48.3 Å². The molecule has 4 rings (SSSR count). The Hall–Kier alpha value is -2.75. The van der Waals surface area contributed by atoms with Crippen LogP contribution in [-0.4, -0.2) is 111 Å². The van der Waals surface area contributed by atoms with Crippen molar-refractivity contribution in [3.63, 3.8) is 0 Å². The van der Waals surface area contributed by atoms with Crippen LogP contribution in [0.25, 0.3) is 0 Å². The maximum absolute atomic E-state index is 12.8. The van der Waals surface area contributed by atoms with E-state index in [1.807, 2.05) is 12.1 Å². The molecule has 2 aliphatic rings. The normalized spacial score (nSPS) is 19.5. The topological polar surface area (TPSA) is 163 Å². The van der Waals surface area contributed by atoms with E-state index in [9.17, 15) is 18.0 Å². The van der Waals surface area contributed by atoms with Crippen molar-refractivity contribution in [2.45, 2.75) is 44.3 Å². The van der Waals surface area contributed by atoms with Crippen LogP contribution >= 0.6 is 23.2 Å². The lowest BCUT2D eigenvalue weighted by molar-refractivity contribution is -0.148. The number of carbonyl (C=O) groups excluding carboxylic acids is 2. The van der Waals surface area contributed by atoms with Gasteiger partial charge >= 0.3 is 5.97 Å². The van der Waals surface area contributed by atoms with Gasteiger partial charge in [-0.05, 0) is 37.0 Å². The van der Waals surface area contributed by atoms with Crippen LogP contribution in [-0.2, 0) is 19.6 Å². The van der Waals surface area contributed by atoms with Crippen LogP contribution < -0.4 is 20.7 Å². The Labute approximate surface area is 268 Å². The molecule has 2 aromatic rings. The quantitative estimate of drug-likeness (QED) is 0.236. The number of ether oxygens (including phenoxy) is 1. The van der Waals surface area contributed by atoms with Gasteiger partial charge in [0, 0.05) is 62.9 Å². The van der Waals surface area contributed by atoms with Gasteiger partial charge in [-0.1, -0.05) is 42.3 Å². The standard InChI is InChI=1S/C28H40Cl2N8O5S/c1-4-20-17-37(26-24(30)34-22(25(31)35-26)27(39)32-11-12-33-44(3,41)42)15-16-38(20)21-9-13-36(14-10-21)23(28(40)43-2)18-5-7-19(29)8-6-18/h5-8,20-21,23,33H,4,9-17H2,1-3H3,(H2,31,35)(H,32,39)/t20-,23-/m0/s1. The Morgan fingerprint density at radius 1 is 1.09 bits per heavy atom. The lowest BCUT2D eigenvalue weighted by Crippen LogP contribution is -2.59. The zero-order valence-electron chi connectivity index (χ0n) is 25.1. The number of esters is 1. The van der Waals surface area contributed by atoms with Crippen molar-refractivity contribution in [2.75, 3.05) is 69.8 Å². The van der Waals surface area contributed by atoms with Crippen LogP contribution in [0.15, 0.2) is 24.3 Å². The SMILES string of the molecule is CC[C@H]1CN(c2nc(N)c(C(=O)NCCNS(C)(=O)=O)nc2Cl)CCN1C1CCN([C@H](C(=O)OC)c2ccc(Cl)cc2)CC1. The van der Waals surface area contributed by atoms with E-state index < -0.39 is 22.0 Å². The zero-order valence-corrected chi connectivity index (χ0v) is 27.5. The van der Waals surface area contributed by atoms with Crippen molar-refractivity contribution in [1.82, 2.24) is 29.8 Å². The van der Waals surface area contributed by atoms with Gasteiger partial charge in [-0.25, -0.2) is 27.9 Å². The summed E-state index contributed by atoms with van der Waals surface area (Å²) in [4.78, 5) is 40.8. The number of amides is 1. The predicted molar refractivity (Wildman–Crippen MR) is 170 cm³/mol. The molecule has 16 heteroatoms. The number of halogens is 2. The average molecular weight is 672 g/mol.